The normalized spacial score (nSPS) is 23.9. The molecule has 8 nitrogen and oxygen atoms in total. The molecule has 2 atom stereocenters. The molecule has 4 rings (SSSR count). The van der Waals surface area contributed by atoms with E-state index in [4.69, 9.17) is 19.4 Å². The van der Waals surface area contributed by atoms with E-state index in [-0.39, 0.29) is 11.7 Å². The Labute approximate surface area is 177 Å². The predicted molar refractivity (Wildman–Crippen MR) is 103 cm³/mol. The van der Waals surface area contributed by atoms with E-state index >= 15 is 0 Å². The largest absolute Gasteiger partial charge is 0.490 e. The summed E-state index contributed by atoms with van der Waals surface area (Å²) >= 11 is 0. The zero-order valence-electron chi connectivity index (χ0n) is 17.1. The first kappa shape index (κ1) is 23.0. The number of aromatic nitrogens is 3. The Hall–Kier alpha value is -2.66. The second-order valence-corrected chi connectivity index (χ2v) is 7.75. The van der Waals surface area contributed by atoms with Gasteiger partial charge in [0.2, 0.25) is 5.88 Å². The standard InChI is InChI=1S/C18H24N4O2.C2HF3O2/c1-21-11-15(10-20-21)12-22-8-4-6-18(14-22)9-16(13-23-18)24-17-5-2-3-7-19-17;3-2(4,5)1(6)7/h2-3,5,7,10-11,16H,4,6,8-9,12-14H2,1H3;(H,6,7)/t16-,18+;/m1./s1. The van der Waals surface area contributed by atoms with Gasteiger partial charge in [-0.2, -0.15) is 18.3 Å². The summed E-state index contributed by atoms with van der Waals surface area (Å²) in [5.74, 6) is -2.07. The fourth-order valence-electron chi connectivity index (χ4n) is 3.89. The Balaban J connectivity index is 0.000000339. The number of nitrogens with zero attached hydrogens (tertiary/aromatic N) is 4. The van der Waals surface area contributed by atoms with Gasteiger partial charge in [-0.05, 0) is 25.5 Å². The number of piperidine rings is 1. The molecule has 2 aliphatic heterocycles. The van der Waals surface area contributed by atoms with E-state index in [9.17, 15) is 13.2 Å². The zero-order chi connectivity index (χ0) is 22.5. The van der Waals surface area contributed by atoms with Crippen molar-refractivity contribution in [3.8, 4) is 5.88 Å². The van der Waals surface area contributed by atoms with Crippen LogP contribution in [-0.2, 0) is 23.1 Å². The molecule has 0 bridgehead atoms. The summed E-state index contributed by atoms with van der Waals surface area (Å²) in [5, 5.41) is 11.4. The highest BCUT2D eigenvalue weighted by Crippen LogP contribution is 2.36. The second-order valence-electron chi connectivity index (χ2n) is 7.75. The highest BCUT2D eigenvalue weighted by Gasteiger charge is 2.44. The number of carboxylic acid groups (broad SMARTS) is 1. The first-order valence-electron chi connectivity index (χ1n) is 9.87. The number of carbonyl (C=O) groups is 1. The zero-order valence-corrected chi connectivity index (χ0v) is 17.1. The fraction of sp³-hybridized carbons (Fsp3) is 0.550. The number of carboxylic acids is 1. The van der Waals surface area contributed by atoms with Crippen LogP contribution in [0.3, 0.4) is 0 Å². The van der Waals surface area contributed by atoms with Crippen molar-refractivity contribution in [2.45, 2.75) is 43.7 Å². The van der Waals surface area contributed by atoms with Crippen molar-refractivity contribution < 1.29 is 32.5 Å². The van der Waals surface area contributed by atoms with Crippen LogP contribution in [0.25, 0.3) is 0 Å². The van der Waals surface area contributed by atoms with E-state index in [2.05, 4.69) is 21.2 Å². The molecule has 0 aromatic carbocycles. The maximum atomic E-state index is 10.6. The summed E-state index contributed by atoms with van der Waals surface area (Å²) in [4.78, 5) is 15.6. The first-order valence-corrected chi connectivity index (χ1v) is 9.87. The lowest BCUT2D eigenvalue weighted by atomic mass is 9.89. The Kier molecular flexibility index (Phi) is 7.16. The lowest BCUT2D eigenvalue weighted by molar-refractivity contribution is -0.192. The molecular weight excluding hydrogens is 417 g/mol. The van der Waals surface area contributed by atoms with Crippen LogP contribution in [0.4, 0.5) is 13.2 Å². The summed E-state index contributed by atoms with van der Waals surface area (Å²) in [7, 11) is 1.96. The molecule has 0 aliphatic carbocycles. The molecule has 0 saturated carbocycles. The SMILES string of the molecule is Cn1cc(CN2CCC[C@]3(C[C@@H](Oc4ccccn4)CO3)C2)cn1.O=C(O)C(F)(F)F. The van der Waals surface area contributed by atoms with Crippen LogP contribution in [-0.4, -0.2) is 68.3 Å². The van der Waals surface area contributed by atoms with Crippen LogP contribution in [0, 0.1) is 0 Å². The van der Waals surface area contributed by atoms with Crippen molar-refractivity contribution in [3.63, 3.8) is 0 Å². The molecule has 31 heavy (non-hydrogen) atoms. The van der Waals surface area contributed by atoms with Crippen LogP contribution in [0.15, 0.2) is 36.8 Å². The number of hydrogen-bond donors (Lipinski definition) is 1. The first-order chi connectivity index (χ1) is 14.7. The summed E-state index contributed by atoms with van der Waals surface area (Å²) in [6, 6.07) is 5.75. The van der Waals surface area contributed by atoms with Gasteiger partial charge in [0.15, 0.2) is 0 Å². The number of pyridine rings is 1. The molecule has 4 heterocycles. The number of alkyl halides is 3. The number of aliphatic carboxylic acids is 1. The molecule has 1 N–H and O–H groups in total. The minimum absolute atomic E-state index is 0.0695. The summed E-state index contributed by atoms with van der Waals surface area (Å²) < 4.78 is 45.8. The van der Waals surface area contributed by atoms with Crippen molar-refractivity contribution in [2.75, 3.05) is 19.7 Å². The van der Waals surface area contributed by atoms with E-state index in [1.807, 2.05) is 36.1 Å². The van der Waals surface area contributed by atoms with Crippen LogP contribution >= 0.6 is 0 Å². The molecule has 11 heteroatoms. The highest BCUT2D eigenvalue weighted by atomic mass is 19.4. The average molecular weight is 442 g/mol. The van der Waals surface area contributed by atoms with Crippen molar-refractivity contribution in [1.82, 2.24) is 19.7 Å². The second kappa shape index (κ2) is 9.65. The van der Waals surface area contributed by atoms with Crippen LogP contribution in [0.5, 0.6) is 5.88 Å². The van der Waals surface area contributed by atoms with Gasteiger partial charge in [-0.15, -0.1) is 0 Å². The molecule has 2 fully saturated rings. The minimum atomic E-state index is -5.08. The van der Waals surface area contributed by atoms with Gasteiger partial charge >= 0.3 is 12.1 Å². The third-order valence-electron chi connectivity index (χ3n) is 5.13. The van der Waals surface area contributed by atoms with E-state index in [0.29, 0.717) is 12.5 Å². The molecular formula is C20H25F3N4O4. The lowest BCUT2D eigenvalue weighted by Gasteiger charge is -2.39. The summed E-state index contributed by atoms with van der Waals surface area (Å²) in [5.41, 5.74) is 1.19. The molecule has 0 radical (unpaired) electrons. The van der Waals surface area contributed by atoms with Gasteiger partial charge in [-0.3, -0.25) is 9.58 Å². The van der Waals surface area contributed by atoms with E-state index < -0.39 is 12.1 Å². The average Bonchev–Trinajstić information content (AvgIpc) is 3.28. The number of likely N-dealkylation sites (tertiary alicyclic amines) is 1. The van der Waals surface area contributed by atoms with Gasteiger partial charge in [-0.1, -0.05) is 6.07 Å². The van der Waals surface area contributed by atoms with Crippen molar-refractivity contribution in [1.29, 1.82) is 0 Å². The van der Waals surface area contributed by atoms with Gasteiger partial charge in [0.05, 0.1) is 18.4 Å². The third kappa shape index (κ3) is 6.66. The quantitative estimate of drug-likeness (QED) is 0.779. The molecule has 0 amide bonds. The van der Waals surface area contributed by atoms with Crippen molar-refractivity contribution in [3.05, 3.63) is 42.4 Å². The Morgan fingerprint density at radius 1 is 1.42 bits per heavy atom. The smallest absolute Gasteiger partial charge is 0.475 e. The Morgan fingerprint density at radius 3 is 2.81 bits per heavy atom. The number of ether oxygens (including phenoxy) is 2. The van der Waals surface area contributed by atoms with Crippen molar-refractivity contribution >= 4 is 5.97 Å². The van der Waals surface area contributed by atoms with Gasteiger partial charge in [0.25, 0.3) is 0 Å². The van der Waals surface area contributed by atoms with Crippen LogP contribution < -0.4 is 4.74 Å². The van der Waals surface area contributed by atoms with Crippen LogP contribution in [0.1, 0.15) is 24.8 Å². The summed E-state index contributed by atoms with van der Waals surface area (Å²) in [6.07, 6.45) is 4.02. The van der Waals surface area contributed by atoms with Crippen LogP contribution in [0.2, 0.25) is 0 Å². The van der Waals surface area contributed by atoms with Crippen molar-refractivity contribution in [2.24, 2.45) is 7.05 Å². The van der Waals surface area contributed by atoms with Gasteiger partial charge in [0.1, 0.15) is 6.10 Å². The highest BCUT2D eigenvalue weighted by molar-refractivity contribution is 5.73. The van der Waals surface area contributed by atoms with E-state index in [0.717, 1.165) is 38.9 Å². The Bertz CT molecular complexity index is 862. The molecule has 1 spiro atoms. The minimum Gasteiger partial charge on any atom is -0.475 e. The van der Waals surface area contributed by atoms with E-state index in [1.165, 1.54) is 5.56 Å². The fourth-order valence-corrected chi connectivity index (χ4v) is 3.89. The maximum absolute atomic E-state index is 10.6. The predicted octanol–water partition coefficient (Wildman–Crippen LogP) is 2.65. The number of halogens is 3. The molecule has 2 aliphatic rings. The molecule has 0 unspecified atom stereocenters. The molecule has 2 aromatic rings. The lowest BCUT2D eigenvalue weighted by Crippen LogP contribution is -2.47. The monoisotopic (exact) mass is 442 g/mol. The van der Waals surface area contributed by atoms with Gasteiger partial charge in [0, 0.05) is 50.6 Å². The number of aryl methyl sites for hydroxylation is 1. The molecule has 2 aromatic heterocycles. The van der Waals surface area contributed by atoms with Gasteiger partial charge in [-0.25, -0.2) is 9.78 Å². The molecule has 170 valence electrons. The Morgan fingerprint density at radius 2 is 2.19 bits per heavy atom. The topological polar surface area (TPSA) is 89.7 Å². The third-order valence-corrected chi connectivity index (χ3v) is 5.13. The molecule has 2 saturated heterocycles. The summed E-state index contributed by atoms with van der Waals surface area (Å²) in [6.45, 7) is 3.66. The number of hydrogen-bond acceptors (Lipinski definition) is 6. The van der Waals surface area contributed by atoms with Gasteiger partial charge < -0.3 is 14.6 Å². The van der Waals surface area contributed by atoms with E-state index in [1.54, 1.807) is 6.20 Å². The number of rotatable bonds is 4. The maximum Gasteiger partial charge on any atom is 0.490 e.